The molecule has 0 spiro atoms. The van der Waals surface area contributed by atoms with Crippen molar-refractivity contribution in [2.45, 2.75) is 6.54 Å². The maximum Gasteiger partial charge on any atom is 0.335 e. The van der Waals surface area contributed by atoms with Crippen molar-refractivity contribution in [1.29, 1.82) is 0 Å². The van der Waals surface area contributed by atoms with E-state index in [0.29, 0.717) is 6.54 Å². The highest BCUT2D eigenvalue weighted by Crippen LogP contribution is 2.07. The van der Waals surface area contributed by atoms with Gasteiger partial charge in [0.2, 0.25) is 0 Å². The lowest BCUT2D eigenvalue weighted by Gasteiger charge is -2.09. The second kappa shape index (κ2) is 6.56. The van der Waals surface area contributed by atoms with Crippen molar-refractivity contribution >= 4 is 5.97 Å². The van der Waals surface area contributed by atoms with Gasteiger partial charge in [0.1, 0.15) is 6.61 Å². The molecule has 0 amide bonds. The Labute approximate surface area is 121 Å². The molecule has 5 heteroatoms. The van der Waals surface area contributed by atoms with E-state index >= 15 is 0 Å². The molecule has 0 unspecified atom stereocenters. The van der Waals surface area contributed by atoms with Gasteiger partial charge in [0, 0.05) is 6.20 Å². The Morgan fingerprint density at radius 1 is 1.29 bits per heavy atom. The topological polar surface area (TPSA) is 68.5 Å². The van der Waals surface area contributed by atoms with Crippen LogP contribution in [0.3, 0.4) is 0 Å². The van der Waals surface area contributed by atoms with Gasteiger partial charge in [0.05, 0.1) is 12.1 Å². The Hall–Kier alpha value is -2.82. The fraction of sp³-hybridized carbons (Fsp3) is 0.125. The molecule has 0 fully saturated rings. The van der Waals surface area contributed by atoms with E-state index in [-0.39, 0.29) is 23.5 Å². The van der Waals surface area contributed by atoms with Crippen LogP contribution in [0.1, 0.15) is 15.9 Å². The van der Waals surface area contributed by atoms with Crippen LogP contribution in [0.15, 0.2) is 60.0 Å². The number of aromatic carboxylic acids is 1. The van der Waals surface area contributed by atoms with E-state index in [4.69, 9.17) is 9.84 Å². The molecule has 0 saturated carbocycles. The Balaban J connectivity index is 2.21. The van der Waals surface area contributed by atoms with Gasteiger partial charge < -0.3 is 14.4 Å². The summed E-state index contributed by atoms with van der Waals surface area (Å²) in [6.45, 7) is 4.16. The maximum absolute atomic E-state index is 12.2. The number of nitrogens with zero attached hydrogens (tertiary/aromatic N) is 1. The molecule has 1 N–H and O–H groups in total. The molecule has 0 aliphatic carbocycles. The standard InChI is InChI=1S/C16H15NO4/c1-2-10-21-14-4-3-9-17(15(14)18)11-12-5-7-13(8-6-12)16(19)20/h2-9H,1,10-11H2,(H,19,20). The highest BCUT2D eigenvalue weighted by molar-refractivity contribution is 5.87. The van der Waals surface area contributed by atoms with Crippen molar-refractivity contribution in [3.8, 4) is 5.75 Å². The van der Waals surface area contributed by atoms with Gasteiger partial charge in [-0.2, -0.15) is 0 Å². The molecule has 21 heavy (non-hydrogen) atoms. The minimum atomic E-state index is -0.974. The van der Waals surface area contributed by atoms with Gasteiger partial charge >= 0.3 is 5.97 Å². The summed E-state index contributed by atoms with van der Waals surface area (Å²) in [7, 11) is 0. The first-order valence-corrected chi connectivity index (χ1v) is 6.37. The minimum Gasteiger partial charge on any atom is -0.484 e. The summed E-state index contributed by atoms with van der Waals surface area (Å²) >= 11 is 0. The van der Waals surface area contributed by atoms with Crippen molar-refractivity contribution in [3.63, 3.8) is 0 Å². The second-order valence-electron chi connectivity index (χ2n) is 4.41. The first kappa shape index (κ1) is 14.6. The van der Waals surface area contributed by atoms with Crippen LogP contribution < -0.4 is 10.3 Å². The Bertz CT molecular complexity index is 701. The average molecular weight is 285 g/mol. The highest BCUT2D eigenvalue weighted by Gasteiger charge is 2.06. The lowest BCUT2D eigenvalue weighted by Crippen LogP contribution is -2.21. The van der Waals surface area contributed by atoms with E-state index in [1.54, 1.807) is 36.5 Å². The Morgan fingerprint density at radius 2 is 2.00 bits per heavy atom. The van der Waals surface area contributed by atoms with Crippen molar-refractivity contribution in [1.82, 2.24) is 4.57 Å². The first-order valence-electron chi connectivity index (χ1n) is 6.37. The molecule has 0 saturated heterocycles. The fourth-order valence-corrected chi connectivity index (χ4v) is 1.85. The monoisotopic (exact) mass is 285 g/mol. The van der Waals surface area contributed by atoms with Crippen LogP contribution in [0, 0.1) is 0 Å². The molecule has 0 aliphatic heterocycles. The van der Waals surface area contributed by atoms with Crippen molar-refractivity contribution < 1.29 is 14.6 Å². The van der Waals surface area contributed by atoms with Crippen LogP contribution in [0.5, 0.6) is 5.75 Å². The zero-order valence-corrected chi connectivity index (χ0v) is 11.4. The second-order valence-corrected chi connectivity index (χ2v) is 4.41. The predicted octanol–water partition coefficient (Wildman–Crippen LogP) is 2.16. The number of carboxylic acids is 1. The van der Waals surface area contributed by atoms with Crippen molar-refractivity contribution in [2.24, 2.45) is 0 Å². The zero-order chi connectivity index (χ0) is 15.2. The summed E-state index contributed by atoms with van der Waals surface area (Å²) in [5.74, 6) is -0.710. The molecule has 5 nitrogen and oxygen atoms in total. The molecule has 0 radical (unpaired) electrons. The normalized spacial score (nSPS) is 10.1. The van der Waals surface area contributed by atoms with Crippen LogP contribution in [0.2, 0.25) is 0 Å². The molecule has 108 valence electrons. The quantitative estimate of drug-likeness (QED) is 0.826. The Kier molecular flexibility index (Phi) is 4.56. The summed E-state index contributed by atoms with van der Waals surface area (Å²) in [5.41, 5.74) is 0.818. The molecular formula is C16H15NO4. The van der Waals surface area contributed by atoms with E-state index in [1.165, 1.54) is 16.7 Å². The first-order chi connectivity index (χ1) is 10.1. The third-order valence-corrected chi connectivity index (χ3v) is 2.90. The summed E-state index contributed by atoms with van der Waals surface area (Å²) in [6, 6.07) is 9.74. The lowest BCUT2D eigenvalue weighted by atomic mass is 10.1. The van der Waals surface area contributed by atoms with Crippen LogP contribution in [0.4, 0.5) is 0 Å². The van der Waals surface area contributed by atoms with Gasteiger partial charge in [0.25, 0.3) is 5.56 Å². The predicted molar refractivity (Wildman–Crippen MR) is 78.9 cm³/mol. The number of hydrogen-bond donors (Lipinski definition) is 1. The van der Waals surface area contributed by atoms with Crippen LogP contribution in [0.25, 0.3) is 0 Å². The number of hydrogen-bond acceptors (Lipinski definition) is 3. The van der Waals surface area contributed by atoms with Gasteiger partial charge in [-0.1, -0.05) is 24.8 Å². The third kappa shape index (κ3) is 3.60. The molecule has 0 bridgehead atoms. The molecule has 1 aromatic carbocycles. The largest absolute Gasteiger partial charge is 0.484 e. The molecular weight excluding hydrogens is 270 g/mol. The highest BCUT2D eigenvalue weighted by atomic mass is 16.5. The number of aromatic nitrogens is 1. The molecule has 2 aromatic rings. The summed E-state index contributed by atoms with van der Waals surface area (Å²) in [5, 5.41) is 8.85. The van der Waals surface area contributed by atoms with Crippen molar-refractivity contribution in [3.05, 3.63) is 76.7 Å². The molecule has 0 aliphatic rings. The number of carboxylic acid groups (broad SMARTS) is 1. The van der Waals surface area contributed by atoms with Gasteiger partial charge in [-0.05, 0) is 29.8 Å². The lowest BCUT2D eigenvalue weighted by molar-refractivity contribution is 0.0697. The van der Waals surface area contributed by atoms with Gasteiger partial charge in [-0.15, -0.1) is 0 Å². The fourth-order valence-electron chi connectivity index (χ4n) is 1.85. The minimum absolute atomic E-state index is 0.217. The van der Waals surface area contributed by atoms with Crippen molar-refractivity contribution in [2.75, 3.05) is 6.61 Å². The maximum atomic E-state index is 12.2. The number of benzene rings is 1. The number of carbonyl (C=O) groups is 1. The average Bonchev–Trinajstić information content (AvgIpc) is 2.49. The van der Waals surface area contributed by atoms with Crippen LogP contribution in [-0.4, -0.2) is 22.2 Å². The molecule has 1 aromatic heterocycles. The van der Waals surface area contributed by atoms with Gasteiger partial charge in [-0.3, -0.25) is 4.79 Å². The van der Waals surface area contributed by atoms with E-state index < -0.39 is 5.97 Å². The summed E-state index contributed by atoms with van der Waals surface area (Å²) < 4.78 is 6.79. The Morgan fingerprint density at radius 3 is 2.62 bits per heavy atom. The van der Waals surface area contributed by atoms with E-state index in [1.807, 2.05) is 0 Å². The SMILES string of the molecule is C=CCOc1cccn(Cc2ccc(C(=O)O)cc2)c1=O. The van der Waals surface area contributed by atoms with Gasteiger partial charge in [0.15, 0.2) is 5.75 Å². The van der Waals surface area contributed by atoms with E-state index in [9.17, 15) is 9.59 Å². The zero-order valence-electron chi connectivity index (χ0n) is 11.4. The van der Waals surface area contributed by atoms with Gasteiger partial charge in [-0.25, -0.2) is 4.79 Å². The molecule has 1 heterocycles. The molecule has 2 rings (SSSR count). The number of pyridine rings is 1. The van der Waals surface area contributed by atoms with E-state index in [0.717, 1.165) is 5.56 Å². The van der Waals surface area contributed by atoms with E-state index in [2.05, 4.69) is 6.58 Å². The number of ether oxygens (including phenoxy) is 1. The smallest absolute Gasteiger partial charge is 0.335 e. The number of rotatable bonds is 6. The molecule has 0 atom stereocenters. The van der Waals surface area contributed by atoms with Crippen LogP contribution in [-0.2, 0) is 6.54 Å². The summed E-state index contributed by atoms with van der Waals surface area (Å²) in [4.78, 5) is 23.0. The summed E-state index contributed by atoms with van der Waals surface area (Å²) in [6.07, 6.45) is 3.23. The third-order valence-electron chi connectivity index (χ3n) is 2.90. The van der Waals surface area contributed by atoms with Crippen LogP contribution >= 0.6 is 0 Å².